The maximum absolute atomic E-state index is 5.01. The predicted molar refractivity (Wildman–Crippen MR) is 111 cm³/mol. The van der Waals surface area contributed by atoms with Crippen molar-refractivity contribution in [2.75, 3.05) is 37.6 Å². The number of rotatable bonds is 4. The Labute approximate surface area is 155 Å². The summed E-state index contributed by atoms with van der Waals surface area (Å²) in [6.07, 6.45) is 4.25. The number of hydrogen-bond donors (Lipinski definition) is 0. The molecular weight excluding hydrogens is 318 g/mol. The molecule has 0 unspecified atom stereocenters. The standard InChI is InChI=1S/C23H25N3/c1-2-25-14-16-26(17-15-25)23-22-11-7-6-10-20(22)18-21(24-23)13-12-19-8-4-3-5-9-19/h3-13,18H,2,14-17H2,1H3/b13-12+. The van der Waals surface area contributed by atoms with Gasteiger partial charge < -0.3 is 9.80 Å². The Morgan fingerprint density at radius 2 is 1.62 bits per heavy atom. The first-order valence-electron chi connectivity index (χ1n) is 9.44. The van der Waals surface area contributed by atoms with Gasteiger partial charge in [-0.05, 0) is 29.6 Å². The monoisotopic (exact) mass is 343 g/mol. The van der Waals surface area contributed by atoms with E-state index in [9.17, 15) is 0 Å². The fourth-order valence-corrected chi connectivity index (χ4v) is 3.55. The van der Waals surface area contributed by atoms with Crippen molar-refractivity contribution in [1.29, 1.82) is 0 Å². The van der Waals surface area contributed by atoms with Gasteiger partial charge in [0.2, 0.25) is 0 Å². The Morgan fingerprint density at radius 3 is 2.38 bits per heavy atom. The summed E-state index contributed by atoms with van der Waals surface area (Å²) in [4.78, 5) is 9.95. The van der Waals surface area contributed by atoms with Crippen LogP contribution in [0.4, 0.5) is 5.82 Å². The lowest BCUT2D eigenvalue weighted by atomic mass is 10.1. The molecule has 132 valence electrons. The average molecular weight is 343 g/mol. The van der Waals surface area contributed by atoms with Crippen molar-refractivity contribution in [3.8, 4) is 0 Å². The van der Waals surface area contributed by atoms with Crippen LogP contribution in [-0.4, -0.2) is 42.6 Å². The number of anilines is 1. The van der Waals surface area contributed by atoms with Gasteiger partial charge in [-0.3, -0.25) is 0 Å². The van der Waals surface area contributed by atoms with E-state index in [0.717, 1.165) is 44.2 Å². The summed E-state index contributed by atoms with van der Waals surface area (Å²) in [7, 11) is 0. The number of likely N-dealkylation sites (N-methyl/N-ethyl adjacent to an activating group) is 1. The lowest BCUT2D eigenvalue weighted by Gasteiger charge is -2.35. The average Bonchev–Trinajstić information content (AvgIpc) is 2.72. The molecule has 3 nitrogen and oxygen atoms in total. The number of pyridine rings is 1. The lowest BCUT2D eigenvalue weighted by Crippen LogP contribution is -2.46. The van der Waals surface area contributed by atoms with Gasteiger partial charge in [0.1, 0.15) is 5.82 Å². The summed E-state index contributed by atoms with van der Waals surface area (Å²) in [6, 6.07) is 21.2. The fraction of sp³-hybridized carbons (Fsp3) is 0.261. The smallest absolute Gasteiger partial charge is 0.137 e. The summed E-state index contributed by atoms with van der Waals surface area (Å²) in [5.74, 6) is 1.12. The van der Waals surface area contributed by atoms with E-state index in [-0.39, 0.29) is 0 Å². The van der Waals surface area contributed by atoms with Gasteiger partial charge in [0.25, 0.3) is 0 Å². The van der Waals surface area contributed by atoms with Crippen molar-refractivity contribution < 1.29 is 0 Å². The van der Waals surface area contributed by atoms with Crippen LogP contribution in [0.25, 0.3) is 22.9 Å². The highest BCUT2D eigenvalue weighted by molar-refractivity contribution is 5.94. The van der Waals surface area contributed by atoms with Gasteiger partial charge in [-0.1, -0.05) is 67.6 Å². The van der Waals surface area contributed by atoms with Crippen LogP contribution < -0.4 is 4.90 Å². The number of nitrogens with zero attached hydrogens (tertiary/aromatic N) is 3. The van der Waals surface area contributed by atoms with Gasteiger partial charge in [-0.15, -0.1) is 0 Å². The molecule has 4 rings (SSSR count). The molecule has 0 N–H and O–H groups in total. The zero-order valence-electron chi connectivity index (χ0n) is 15.3. The van der Waals surface area contributed by atoms with Crippen LogP contribution in [0.3, 0.4) is 0 Å². The molecule has 0 saturated carbocycles. The molecule has 1 aromatic heterocycles. The third-order valence-corrected chi connectivity index (χ3v) is 5.11. The summed E-state index contributed by atoms with van der Waals surface area (Å²) in [6.45, 7) is 7.65. The zero-order chi connectivity index (χ0) is 17.8. The van der Waals surface area contributed by atoms with E-state index in [1.807, 2.05) is 6.07 Å². The molecule has 0 radical (unpaired) electrons. The Kier molecular flexibility index (Phi) is 4.98. The number of hydrogen-bond acceptors (Lipinski definition) is 3. The number of fused-ring (bicyclic) bond motifs is 1. The topological polar surface area (TPSA) is 19.4 Å². The van der Waals surface area contributed by atoms with E-state index < -0.39 is 0 Å². The Morgan fingerprint density at radius 1 is 0.885 bits per heavy atom. The van der Waals surface area contributed by atoms with Crippen LogP contribution in [0.2, 0.25) is 0 Å². The first-order chi connectivity index (χ1) is 12.8. The normalized spacial score (nSPS) is 15.8. The summed E-state index contributed by atoms with van der Waals surface area (Å²) in [5.41, 5.74) is 2.21. The molecule has 3 heteroatoms. The van der Waals surface area contributed by atoms with Gasteiger partial charge in [0.15, 0.2) is 0 Å². The van der Waals surface area contributed by atoms with Crippen LogP contribution in [0.5, 0.6) is 0 Å². The molecule has 0 amide bonds. The van der Waals surface area contributed by atoms with Gasteiger partial charge in [0.05, 0.1) is 5.69 Å². The minimum atomic E-state index is 1.01. The van der Waals surface area contributed by atoms with Crippen molar-refractivity contribution in [3.63, 3.8) is 0 Å². The Hall–Kier alpha value is -2.65. The second-order valence-electron chi connectivity index (χ2n) is 6.76. The molecule has 0 atom stereocenters. The maximum Gasteiger partial charge on any atom is 0.137 e. The third-order valence-electron chi connectivity index (χ3n) is 5.11. The van der Waals surface area contributed by atoms with Crippen LogP contribution >= 0.6 is 0 Å². The second-order valence-corrected chi connectivity index (χ2v) is 6.76. The SMILES string of the molecule is CCN1CCN(c2nc(/C=C/c3ccccc3)cc3ccccc23)CC1. The van der Waals surface area contributed by atoms with Crippen molar-refractivity contribution in [2.45, 2.75) is 6.92 Å². The van der Waals surface area contributed by atoms with E-state index >= 15 is 0 Å². The van der Waals surface area contributed by atoms with Gasteiger partial charge in [-0.25, -0.2) is 4.98 Å². The first kappa shape index (κ1) is 16.8. The highest BCUT2D eigenvalue weighted by Gasteiger charge is 2.19. The van der Waals surface area contributed by atoms with Crippen molar-refractivity contribution in [3.05, 3.63) is 71.9 Å². The minimum Gasteiger partial charge on any atom is -0.354 e. The van der Waals surface area contributed by atoms with Crippen LogP contribution in [0.15, 0.2) is 60.7 Å². The van der Waals surface area contributed by atoms with Crippen molar-refractivity contribution in [1.82, 2.24) is 9.88 Å². The number of piperazine rings is 1. The molecule has 1 aliphatic heterocycles. The predicted octanol–water partition coefficient (Wildman–Crippen LogP) is 4.55. The zero-order valence-corrected chi connectivity index (χ0v) is 15.3. The summed E-state index contributed by atoms with van der Waals surface area (Å²) < 4.78 is 0. The highest BCUT2D eigenvalue weighted by Crippen LogP contribution is 2.27. The quantitative estimate of drug-likeness (QED) is 0.693. The van der Waals surface area contributed by atoms with Crippen LogP contribution in [-0.2, 0) is 0 Å². The fourth-order valence-electron chi connectivity index (χ4n) is 3.55. The number of aromatic nitrogens is 1. The summed E-state index contributed by atoms with van der Waals surface area (Å²) in [5, 5.41) is 2.50. The lowest BCUT2D eigenvalue weighted by molar-refractivity contribution is 0.271. The van der Waals surface area contributed by atoms with Crippen molar-refractivity contribution >= 4 is 28.7 Å². The molecule has 1 aliphatic rings. The molecule has 0 spiro atoms. The van der Waals surface area contributed by atoms with E-state index in [1.165, 1.54) is 16.3 Å². The van der Waals surface area contributed by atoms with E-state index in [0.29, 0.717) is 0 Å². The van der Waals surface area contributed by atoms with E-state index in [4.69, 9.17) is 4.98 Å². The number of benzene rings is 2. The molecule has 26 heavy (non-hydrogen) atoms. The Balaban J connectivity index is 1.68. The molecule has 2 heterocycles. The Bertz CT molecular complexity index is 894. The summed E-state index contributed by atoms with van der Waals surface area (Å²) >= 11 is 0. The molecule has 0 aliphatic carbocycles. The second kappa shape index (κ2) is 7.71. The highest BCUT2D eigenvalue weighted by atomic mass is 15.3. The van der Waals surface area contributed by atoms with Crippen LogP contribution in [0.1, 0.15) is 18.2 Å². The van der Waals surface area contributed by atoms with Gasteiger partial charge in [0, 0.05) is 31.6 Å². The van der Waals surface area contributed by atoms with Gasteiger partial charge >= 0.3 is 0 Å². The minimum absolute atomic E-state index is 1.01. The van der Waals surface area contributed by atoms with E-state index in [1.54, 1.807) is 0 Å². The molecular formula is C23H25N3. The van der Waals surface area contributed by atoms with E-state index in [2.05, 4.69) is 83.5 Å². The van der Waals surface area contributed by atoms with Gasteiger partial charge in [-0.2, -0.15) is 0 Å². The molecule has 3 aromatic rings. The van der Waals surface area contributed by atoms with Crippen LogP contribution in [0, 0.1) is 0 Å². The largest absolute Gasteiger partial charge is 0.354 e. The maximum atomic E-state index is 5.01. The molecule has 2 aromatic carbocycles. The molecule has 1 fully saturated rings. The molecule has 1 saturated heterocycles. The third kappa shape index (κ3) is 3.63. The molecule has 0 bridgehead atoms. The first-order valence-corrected chi connectivity index (χ1v) is 9.44. The van der Waals surface area contributed by atoms with Crippen molar-refractivity contribution in [2.24, 2.45) is 0 Å².